The van der Waals surface area contributed by atoms with Crippen molar-refractivity contribution in [1.82, 2.24) is 9.62 Å². The van der Waals surface area contributed by atoms with E-state index in [9.17, 15) is 8.42 Å². The van der Waals surface area contributed by atoms with Gasteiger partial charge in [0.25, 0.3) is 0 Å². The lowest BCUT2D eigenvalue weighted by atomic mass is 9.79. The number of rotatable bonds is 6. The van der Waals surface area contributed by atoms with E-state index in [1.165, 1.54) is 37.5 Å². The Morgan fingerprint density at radius 2 is 1.78 bits per heavy atom. The van der Waals surface area contributed by atoms with Gasteiger partial charge in [0.2, 0.25) is 10.0 Å². The Hall–Kier alpha value is -0.910. The molecule has 1 aromatic carbocycles. The van der Waals surface area contributed by atoms with Crippen LogP contribution in [0.1, 0.15) is 50.1 Å². The summed E-state index contributed by atoms with van der Waals surface area (Å²) in [5.74, 6) is 0.851. The Balaban J connectivity index is 1.60. The summed E-state index contributed by atoms with van der Waals surface area (Å²) >= 11 is 0. The molecule has 4 nitrogen and oxygen atoms in total. The first-order valence-corrected chi connectivity index (χ1v) is 10.6. The molecular weight excluding hydrogens is 308 g/mol. The van der Waals surface area contributed by atoms with Gasteiger partial charge < -0.3 is 5.32 Å². The van der Waals surface area contributed by atoms with Gasteiger partial charge in [0, 0.05) is 25.2 Å². The number of sulfonamides is 1. The largest absolute Gasteiger partial charge is 0.307 e. The molecule has 1 N–H and O–H groups in total. The standard InChI is InChI=1S/C18H28N2O2S/c1-23(21,22)20-12-10-17(11-13-20)19-18(14-15-6-5-7-15)16-8-3-2-4-9-16/h2-4,8-9,15,17-19H,5-7,10-14H2,1H3. The zero-order chi connectivity index (χ0) is 16.3. The predicted octanol–water partition coefficient (Wildman–Crippen LogP) is 2.93. The van der Waals surface area contributed by atoms with Crippen LogP contribution in [0.5, 0.6) is 0 Å². The Kier molecular flexibility index (Phi) is 5.39. The van der Waals surface area contributed by atoms with E-state index in [2.05, 4.69) is 35.6 Å². The van der Waals surface area contributed by atoms with Gasteiger partial charge in [0.05, 0.1) is 6.26 Å². The molecule has 1 saturated carbocycles. The summed E-state index contributed by atoms with van der Waals surface area (Å²) < 4.78 is 24.9. The van der Waals surface area contributed by atoms with Gasteiger partial charge in [-0.05, 0) is 30.7 Å². The maximum absolute atomic E-state index is 11.6. The topological polar surface area (TPSA) is 49.4 Å². The molecule has 3 rings (SSSR count). The molecule has 0 radical (unpaired) electrons. The van der Waals surface area contributed by atoms with Crippen LogP contribution in [0, 0.1) is 5.92 Å². The molecule has 1 aliphatic carbocycles. The van der Waals surface area contributed by atoms with Crippen LogP contribution >= 0.6 is 0 Å². The number of hydrogen-bond donors (Lipinski definition) is 1. The number of piperidine rings is 1. The molecule has 2 aliphatic rings. The third-order valence-electron chi connectivity index (χ3n) is 5.36. The number of benzene rings is 1. The van der Waals surface area contributed by atoms with Gasteiger partial charge in [-0.15, -0.1) is 0 Å². The van der Waals surface area contributed by atoms with Crippen LogP contribution in [0.4, 0.5) is 0 Å². The maximum Gasteiger partial charge on any atom is 0.211 e. The van der Waals surface area contributed by atoms with Crippen LogP contribution in [0.2, 0.25) is 0 Å². The first-order valence-electron chi connectivity index (χ1n) is 8.78. The van der Waals surface area contributed by atoms with Crippen molar-refractivity contribution in [2.24, 2.45) is 5.92 Å². The lowest BCUT2D eigenvalue weighted by Crippen LogP contribution is -2.45. The third-order valence-corrected chi connectivity index (χ3v) is 6.66. The van der Waals surface area contributed by atoms with Gasteiger partial charge >= 0.3 is 0 Å². The molecule has 1 heterocycles. The van der Waals surface area contributed by atoms with Crippen LogP contribution < -0.4 is 5.32 Å². The fraction of sp³-hybridized carbons (Fsp3) is 0.667. The van der Waals surface area contributed by atoms with Crippen LogP contribution in [-0.4, -0.2) is 38.1 Å². The second kappa shape index (κ2) is 7.32. The summed E-state index contributed by atoms with van der Waals surface area (Å²) in [6.07, 6.45) is 8.41. The second-order valence-electron chi connectivity index (χ2n) is 7.10. The fourth-order valence-electron chi connectivity index (χ4n) is 3.69. The SMILES string of the molecule is CS(=O)(=O)N1CCC(NC(CC2CCC2)c2ccccc2)CC1. The Morgan fingerprint density at radius 1 is 1.13 bits per heavy atom. The molecule has 0 aromatic heterocycles. The zero-order valence-electron chi connectivity index (χ0n) is 13.9. The van der Waals surface area contributed by atoms with E-state index < -0.39 is 10.0 Å². The molecule has 23 heavy (non-hydrogen) atoms. The molecule has 0 amide bonds. The van der Waals surface area contributed by atoms with E-state index in [4.69, 9.17) is 0 Å². The number of nitrogens with one attached hydrogen (secondary N) is 1. The fourth-order valence-corrected chi connectivity index (χ4v) is 4.56. The maximum atomic E-state index is 11.6. The summed E-state index contributed by atoms with van der Waals surface area (Å²) in [5.41, 5.74) is 1.37. The highest BCUT2D eigenvalue weighted by Crippen LogP contribution is 2.35. The van der Waals surface area contributed by atoms with Gasteiger partial charge in [-0.3, -0.25) is 0 Å². The summed E-state index contributed by atoms with van der Waals surface area (Å²) in [5, 5.41) is 3.82. The van der Waals surface area contributed by atoms with Crippen LogP contribution in [-0.2, 0) is 10.0 Å². The molecular formula is C18H28N2O2S. The Labute approximate surface area is 140 Å². The third kappa shape index (κ3) is 4.55. The Morgan fingerprint density at radius 3 is 2.30 bits per heavy atom. The zero-order valence-corrected chi connectivity index (χ0v) is 14.8. The molecule has 1 aliphatic heterocycles. The van der Waals surface area contributed by atoms with Gasteiger partial charge in [-0.1, -0.05) is 49.6 Å². The molecule has 1 atom stereocenters. The van der Waals surface area contributed by atoms with E-state index in [1.807, 2.05) is 0 Å². The monoisotopic (exact) mass is 336 g/mol. The minimum atomic E-state index is -3.04. The lowest BCUT2D eigenvalue weighted by molar-refractivity contribution is 0.226. The van der Waals surface area contributed by atoms with Crippen LogP contribution in [0.15, 0.2) is 30.3 Å². The summed E-state index contributed by atoms with van der Waals surface area (Å²) in [7, 11) is -3.04. The van der Waals surface area contributed by atoms with E-state index in [-0.39, 0.29) is 0 Å². The van der Waals surface area contributed by atoms with Crippen molar-refractivity contribution in [3.63, 3.8) is 0 Å². The first kappa shape index (κ1) is 16.9. The molecule has 128 valence electrons. The van der Waals surface area contributed by atoms with E-state index >= 15 is 0 Å². The predicted molar refractivity (Wildman–Crippen MR) is 93.7 cm³/mol. The average molecular weight is 337 g/mol. The van der Waals surface area contributed by atoms with Gasteiger partial charge in [-0.2, -0.15) is 0 Å². The molecule has 1 aromatic rings. The van der Waals surface area contributed by atoms with Gasteiger partial charge in [-0.25, -0.2) is 12.7 Å². The first-order chi connectivity index (χ1) is 11.0. The van der Waals surface area contributed by atoms with Crippen molar-refractivity contribution in [3.8, 4) is 0 Å². The van der Waals surface area contributed by atoms with Crippen LogP contribution in [0.25, 0.3) is 0 Å². The van der Waals surface area contributed by atoms with E-state index in [0.717, 1.165) is 18.8 Å². The molecule has 1 unspecified atom stereocenters. The molecule has 0 bridgehead atoms. The second-order valence-corrected chi connectivity index (χ2v) is 9.08. The van der Waals surface area contributed by atoms with Crippen LogP contribution in [0.3, 0.4) is 0 Å². The normalized spacial score (nSPS) is 22.7. The van der Waals surface area contributed by atoms with Crippen molar-refractivity contribution >= 4 is 10.0 Å². The molecule has 2 fully saturated rings. The van der Waals surface area contributed by atoms with Gasteiger partial charge in [0.15, 0.2) is 0 Å². The van der Waals surface area contributed by atoms with E-state index in [1.54, 1.807) is 4.31 Å². The molecule has 0 spiro atoms. The van der Waals surface area contributed by atoms with E-state index in [0.29, 0.717) is 25.2 Å². The molecule has 1 saturated heterocycles. The van der Waals surface area contributed by atoms with Crippen molar-refractivity contribution in [2.45, 2.75) is 50.6 Å². The highest BCUT2D eigenvalue weighted by atomic mass is 32.2. The Bertz CT molecular complexity index is 591. The summed E-state index contributed by atoms with van der Waals surface area (Å²) in [6, 6.07) is 11.5. The highest BCUT2D eigenvalue weighted by Gasteiger charge is 2.28. The van der Waals surface area contributed by atoms with Crippen molar-refractivity contribution in [3.05, 3.63) is 35.9 Å². The highest BCUT2D eigenvalue weighted by molar-refractivity contribution is 7.88. The van der Waals surface area contributed by atoms with Crippen molar-refractivity contribution in [1.29, 1.82) is 0 Å². The average Bonchev–Trinajstić information content (AvgIpc) is 2.50. The minimum absolute atomic E-state index is 0.399. The summed E-state index contributed by atoms with van der Waals surface area (Å²) in [4.78, 5) is 0. The lowest BCUT2D eigenvalue weighted by Gasteiger charge is -2.36. The quantitative estimate of drug-likeness (QED) is 0.869. The summed E-state index contributed by atoms with van der Waals surface area (Å²) in [6.45, 7) is 1.28. The van der Waals surface area contributed by atoms with Gasteiger partial charge in [0.1, 0.15) is 0 Å². The number of hydrogen-bond acceptors (Lipinski definition) is 3. The van der Waals surface area contributed by atoms with Crippen molar-refractivity contribution < 1.29 is 8.42 Å². The minimum Gasteiger partial charge on any atom is -0.307 e. The van der Waals surface area contributed by atoms with Crippen molar-refractivity contribution in [2.75, 3.05) is 19.3 Å². The molecule has 5 heteroatoms. The smallest absolute Gasteiger partial charge is 0.211 e. The number of nitrogens with zero attached hydrogens (tertiary/aromatic N) is 1.